The Balaban J connectivity index is 1.58. The fourth-order valence-corrected chi connectivity index (χ4v) is 3.54. The van der Waals surface area contributed by atoms with Crippen LogP contribution >= 0.6 is 0 Å². The van der Waals surface area contributed by atoms with Crippen LogP contribution in [0.4, 0.5) is 0 Å². The van der Waals surface area contributed by atoms with Gasteiger partial charge in [0.05, 0.1) is 13.5 Å². The standard InChI is InChI=1S/C23H25N3O6/c1-32-19-10-6-5-9-15(19)12-18(23(30)31)24-20(27)13-17-22(29)25-16(21(28)26-17)11-14-7-3-2-4-8-14/h2-10,16-18H,11-13H2,1H3,(H,24,27)(H,25,29)(H,26,28)(H,30,31)/t16-,17-,18+/m0/s1. The van der Waals surface area contributed by atoms with E-state index in [9.17, 15) is 24.3 Å². The Labute approximate surface area is 185 Å². The van der Waals surface area contributed by atoms with Crippen LogP contribution in [0.15, 0.2) is 54.6 Å². The van der Waals surface area contributed by atoms with Gasteiger partial charge in [0, 0.05) is 12.8 Å². The summed E-state index contributed by atoms with van der Waals surface area (Å²) in [5, 5.41) is 17.1. The smallest absolute Gasteiger partial charge is 0.326 e. The van der Waals surface area contributed by atoms with Gasteiger partial charge in [-0.05, 0) is 17.2 Å². The molecule has 1 saturated heterocycles. The molecule has 0 aromatic heterocycles. The molecule has 3 atom stereocenters. The highest BCUT2D eigenvalue weighted by Gasteiger charge is 2.35. The summed E-state index contributed by atoms with van der Waals surface area (Å²) in [5.74, 6) is -2.25. The molecule has 0 saturated carbocycles. The van der Waals surface area contributed by atoms with Gasteiger partial charge in [-0.1, -0.05) is 48.5 Å². The maximum Gasteiger partial charge on any atom is 0.326 e. The predicted octanol–water partition coefficient (Wildman–Crippen LogP) is 0.423. The number of aliphatic carboxylic acids is 1. The minimum absolute atomic E-state index is 0.00740. The molecule has 0 unspecified atom stereocenters. The van der Waals surface area contributed by atoms with Crippen LogP contribution < -0.4 is 20.7 Å². The molecule has 9 heteroatoms. The van der Waals surface area contributed by atoms with Crippen LogP contribution in [-0.4, -0.2) is 54.0 Å². The van der Waals surface area contributed by atoms with E-state index >= 15 is 0 Å². The highest BCUT2D eigenvalue weighted by molar-refractivity contribution is 5.99. The number of nitrogens with one attached hydrogen (secondary N) is 3. The quantitative estimate of drug-likeness (QED) is 0.448. The number of rotatable bonds is 9. The van der Waals surface area contributed by atoms with E-state index in [1.54, 1.807) is 24.3 Å². The Kier molecular flexibility index (Phi) is 7.43. The number of ether oxygens (including phenoxy) is 1. The monoisotopic (exact) mass is 439 g/mol. The minimum atomic E-state index is -1.22. The molecule has 0 spiro atoms. The SMILES string of the molecule is COc1ccccc1C[C@@H](NC(=O)C[C@@H]1NC(=O)[C@H](Cc2ccccc2)NC1=O)C(=O)O. The number of carbonyl (C=O) groups is 4. The summed E-state index contributed by atoms with van der Waals surface area (Å²) in [6.45, 7) is 0. The van der Waals surface area contributed by atoms with Crippen LogP contribution in [0, 0.1) is 0 Å². The molecule has 1 fully saturated rings. The minimum Gasteiger partial charge on any atom is -0.496 e. The van der Waals surface area contributed by atoms with Crippen molar-refractivity contribution in [2.75, 3.05) is 7.11 Å². The van der Waals surface area contributed by atoms with E-state index in [4.69, 9.17) is 4.74 Å². The first-order valence-corrected chi connectivity index (χ1v) is 10.2. The van der Waals surface area contributed by atoms with Crippen molar-refractivity contribution in [3.05, 3.63) is 65.7 Å². The lowest BCUT2D eigenvalue weighted by molar-refractivity contribution is -0.142. The van der Waals surface area contributed by atoms with E-state index in [-0.39, 0.29) is 12.8 Å². The molecule has 0 radical (unpaired) electrons. The first kappa shape index (κ1) is 22.8. The van der Waals surface area contributed by atoms with Crippen molar-refractivity contribution in [1.82, 2.24) is 16.0 Å². The Hall–Kier alpha value is -3.88. The fraction of sp³-hybridized carbons (Fsp3) is 0.304. The van der Waals surface area contributed by atoms with Crippen LogP contribution in [0.2, 0.25) is 0 Å². The lowest BCUT2D eigenvalue weighted by atomic mass is 10.0. The summed E-state index contributed by atoms with van der Waals surface area (Å²) in [4.78, 5) is 49.0. The molecule has 2 aromatic carbocycles. The number of methoxy groups -OCH3 is 1. The van der Waals surface area contributed by atoms with Gasteiger partial charge in [-0.3, -0.25) is 14.4 Å². The zero-order valence-corrected chi connectivity index (χ0v) is 17.5. The number of benzene rings is 2. The number of hydrogen-bond acceptors (Lipinski definition) is 5. The van der Waals surface area contributed by atoms with Crippen molar-refractivity contribution >= 4 is 23.7 Å². The zero-order valence-electron chi connectivity index (χ0n) is 17.5. The number of hydrogen-bond donors (Lipinski definition) is 4. The summed E-state index contributed by atoms with van der Waals surface area (Å²) >= 11 is 0. The second-order valence-corrected chi connectivity index (χ2v) is 7.49. The fourth-order valence-electron chi connectivity index (χ4n) is 3.54. The highest BCUT2D eigenvalue weighted by atomic mass is 16.5. The Morgan fingerprint density at radius 3 is 2.31 bits per heavy atom. The van der Waals surface area contributed by atoms with Crippen molar-refractivity contribution in [3.8, 4) is 5.75 Å². The Morgan fingerprint density at radius 2 is 1.62 bits per heavy atom. The second-order valence-electron chi connectivity index (χ2n) is 7.49. The normalized spacial score (nSPS) is 18.8. The molecule has 1 heterocycles. The number of carboxylic acids is 1. The first-order chi connectivity index (χ1) is 15.4. The lowest BCUT2D eigenvalue weighted by Crippen LogP contribution is -2.63. The highest BCUT2D eigenvalue weighted by Crippen LogP contribution is 2.19. The number of para-hydroxylation sites is 1. The predicted molar refractivity (Wildman–Crippen MR) is 115 cm³/mol. The molecular formula is C23H25N3O6. The molecule has 9 nitrogen and oxygen atoms in total. The summed E-state index contributed by atoms with van der Waals surface area (Å²) in [6, 6.07) is 13.1. The number of piperazine rings is 1. The van der Waals surface area contributed by atoms with E-state index in [2.05, 4.69) is 16.0 Å². The second kappa shape index (κ2) is 10.4. The van der Waals surface area contributed by atoms with Gasteiger partial charge in [0.15, 0.2) is 0 Å². The van der Waals surface area contributed by atoms with Crippen molar-refractivity contribution in [2.24, 2.45) is 0 Å². The molecule has 1 aliphatic rings. The van der Waals surface area contributed by atoms with Gasteiger partial charge in [-0.15, -0.1) is 0 Å². The Morgan fingerprint density at radius 1 is 1.00 bits per heavy atom. The first-order valence-electron chi connectivity index (χ1n) is 10.2. The van der Waals surface area contributed by atoms with E-state index < -0.39 is 41.8 Å². The van der Waals surface area contributed by atoms with Crippen molar-refractivity contribution < 1.29 is 29.0 Å². The molecule has 32 heavy (non-hydrogen) atoms. The zero-order chi connectivity index (χ0) is 23.1. The van der Waals surface area contributed by atoms with Crippen LogP contribution in [0.3, 0.4) is 0 Å². The summed E-state index contributed by atoms with van der Waals surface area (Å²) in [7, 11) is 1.47. The number of carbonyl (C=O) groups excluding carboxylic acids is 3. The van der Waals surface area contributed by atoms with Crippen LogP contribution in [-0.2, 0) is 32.0 Å². The molecule has 168 valence electrons. The van der Waals surface area contributed by atoms with Crippen molar-refractivity contribution in [1.29, 1.82) is 0 Å². The van der Waals surface area contributed by atoms with Gasteiger partial charge in [0.2, 0.25) is 17.7 Å². The van der Waals surface area contributed by atoms with E-state index in [1.807, 2.05) is 30.3 Å². The summed E-state index contributed by atoms with van der Waals surface area (Å²) in [5.41, 5.74) is 1.51. The molecule has 3 amide bonds. The van der Waals surface area contributed by atoms with Gasteiger partial charge in [-0.25, -0.2) is 4.79 Å². The van der Waals surface area contributed by atoms with E-state index in [0.29, 0.717) is 17.7 Å². The van der Waals surface area contributed by atoms with Crippen LogP contribution in [0.25, 0.3) is 0 Å². The maximum absolute atomic E-state index is 12.5. The van der Waals surface area contributed by atoms with Gasteiger partial charge in [-0.2, -0.15) is 0 Å². The molecule has 1 aliphatic heterocycles. The lowest BCUT2D eigenvalue weighted by Gasteiger charge is -2.29. The summed E-state index contributed by atoms with van der Waals surface area (Å²) in [6.07, 6.45) is -0.0316. The average Bonchev–Trinajstić information content (AvgIpc) is 2.77. The molecule has 4 N–H and O–H groups in total. The topological polar surface area (TPSA) is 134 Å². The maximum atomic E-state index is 12.5. The third kappa shape index (κ3) is 5.84. The van der Waals surface area contributed by atoms with Gasteiger partial charge >= 0.3 is 5.97 Å². The summed E-state index contributed by atoms with van der Waals surface area (Å²) < 4.78 is 5.22. The third-order valence-electron chi connectivity index (χ3n) is 5.19. The average molecular weight is 439 g/mol. The van der Waals surface area contributed by atoms with Crippen LogP contribution in [0.1, 0.15) is 17.5 Å². The third-order valence-corrected chi connectivity index (χ3v) is 5.19. The number of carboxylic acid groups (broad SMARTS) is 1. The van der Waals surface area contributed by atoms with Crippen molar-refractivity contribution in [2.45, 2.75) is 37.4 Å². The Bertz CT molecular complexity index is 994. The van der Waals surface area contributed by atoms with Crippen LogP contribution in [0.5, 0.6) is 5.75 Å². The van der Waals surface area contributed by atoms with E-state index in [0.717, 1.165) is 5.56 Å². The molecule has 0 aliphatic carbocycles. The van der Waals surface area contributed by atoms with Crippen molar-refractivity contribution in [3.63, 3.8) is 0 Å². The molecular weight excluding hydrogens is 414 g/mol. The van der Waals surface area contributed by atoms with E-state index in [1.165, 1.54) is 7.11 Å². The molecule has 0 bridgehead atoms. The van der Waals surface area contributed by atoms with Gasteiger partial charge in [0.25, 0.3) is 0 Å². The van der Waals surface area contributed by atoms with Gasteiger partial charge < -0.3 is 25.8 Å². The van der Waals surface area contributed by atoms with Gasteiger partial charge in [0.1, 0.15) is 23.9 Å². The molecule has 3 rings (SSSR count). The number of amides is 3. The largest absolute Gasteiger partial charge is 0.496 e. The molecule has 2 aromatic rings.